The van der Waals surface area contributed by atoms with E-state index in [1.54, 1.807) is 19.1 Å². The molecule has 2 atom stereocenters. The van der Waals surface area contributed by atoms with Crippen LogP contribution < -0.4 is 20.4 Å². The average molecular weight is 693 g/mol. The van der Waals surface area contributed by atoms with Gasteiger partial charge in [0.1, 0.15) is 5.92 Å². The number of nitrogens with one attached hydrogen (secondary N) is 2. The lowest BCUT2D eigenvalue weighted by Crippen LogP contribution is -2.43. The molecule has 3 aromatic carbocycles. The first-order valence-electron chi connectivity index (χ1n) is 19.4. The van der Waals surface area contributed by atoms with Gasteiger partial charge in [0, 0.05) is 43.1 Å². The Morgan fingerprint density at radius 3 is 1.45 bits per heavy atom. The monoisotopic (exact) mass is 692 g/mol. The first-order chi connectivity index (χ1) is 24.5. The van der Waals surface area contributed by atoms with E-state index in [1.165, 1.54) is 12.8 Å². The highest BCUT2D eigenvalue weighted by Gasteiger charge is 2.34. The van der Waals surface area contributed by atoms with Crippen molar-refractivity contribution < 1.29 is 14.4 Å². The molecule has 2 amide bonds. The first kappa shape index (κ1) is 38.1. The van der Waals surface area contributed by atoms with Crippen LogP contribution in [0.3, 0.4) is 0 Å². The Bertz CT molecular complexity index is 1550. The summed E-state index contributed by atoms with van der Waals surface area (Å²) in [6.07, 6.45) is 8.60. The van der Waals surface area contributed by atoms with Gasteiger partial charge < -0.3 is 20.4 Å². The van der Waals surface area contributed by atoms with Gasteiger partial charge in [-0.1, -0.05) is 82.3 Å². The van der Waals surface area contributed by atoms with Gasteiger partial charge in [0.25, 0.3) is 0 Å². The van der Waals surface area contributed by atoms with Crippen LogP contribution in [0, 0.1) is 18.8 Å². The number of nitrogens with zero attached hydrogens (tertiary/aromatic N) is 2. The summed E-state index contributed by atoms with van der Waals surface area (Å²) in [4.78, 5) is 46.8. The Balaban J connectivity index is 1.52. The summed E-state index contributed by atoms with van der Waals surface area (Å²) in [6.45, 7) is 16.1. The van der Waals surface area contributed by atoms with E-state index in [1.807, 2.05) is 25.1 Å². The molecule has 7 heteroatoms. The molecule has 274 valence electrons. The predicted molar refractivity (Wildman–Crippen MR) is 210 cm³/mol. The minimum atomic E-state index is -1.10. The van der Waals surface area contributed by atoms with Gasteiger partial charge in [-0.15, -0.1) is 0 Å². The molecule has 7 nitrogen and oxygen atoms in total. The summed E-state index contributed by atoms with van der Waals surface area (Å²) in [7, 11) is 0. The lowest BCUT2D eigenvalue weighted by atomic mass is 9.89. The zero-order valence-electron chi connectivity index (χ0n) is 31.8. The van der Waals surface area contributed by atoms with E-state index in [2.05, 4.69) is 84.5 Å². The lowest BCUT2D eigenvalue weighted by Gasteiger charge is -2.34. The number of amides is 2. The molecule has 51 heavy (non-hydrogen) atoms. The zero-order chi connectivity index (χ0) is 36.5. The SMILES string of the molecule is CC(=O)c1ccc(C(C(=O)NC(CC(C)C)c2ccccc2N2CCCCC2)C(=O)NC(CC(C)C)c2ccccc2N2CCCCC2)cc1C. The molecule has 2 saturated heterocycles. The lowest BCUT2D eigenvalue weighted by molar-refractivity contribution is -0.132. The van der Waals surface area contributed by atoms with Crippen LogP contribution in [0.15, 0.2) is 66.7 Å². The topological polar surface area (TPSA) is 81.8 Å². The molecule has 2 unspecified atom stereocenters. The van der Waals surface area contributed by atoms with E-state index < -0.39 is 5.92 Å². The number of Topliss-reactive ketones (excluding diaryl/α,β-unsaturated/α-hetero) is 1. The van der Waals surface area contributed by atoms with E-state index in [9.17, 15) is 14.4 Å². The fraction of sp³-hybridized carbons (Fsp3) is 0.523. The number of hydrogen-bond donors (Lipinski definition) is 2. The van der Waals surface area contributed by atoms with Crippen LogP contribution >= 0.6 is 0 Å². The van der Waals surface area contributed by atoms with E-state index in [-0.39, 0.29) is 29.7 Å². The molecule has 0 spiro atoms. The van der Waals surface area contributed by atoms with Crippen LogP contribution in [0.4, 0.5) is 11.4 Å². The molecule has 0 bridgehead atoms. The van der Waals surface area contributed by atoms with E-state index >= 15 is 0 Å². The Kier molecular flexibility index (Phi) is 13.4. The third-order valence-corrected chi connectivity index (χ3v) is 10.6. The van der Waals surface area contributed by atoms with Crippen molar-refractivity contribution in [1.82, 2.24) is 10.6 Å². The van der Waals surface area contributed by atoms with Crippen LogP contribution in [0.1, 0.15) is 137 Å². The molecule has 2 fully saturated rings. The highest BCUT2D eigenvalue weighted by molar-refractivity contribution is 6.06. The molecule has 2 heterocycles. The number of ketones is 1. The number of anilines is 2. The van der Waals surface area contributed by atoms with Gasteiger partial charge in [0.2, 0.25) is 11.8 Å². The van der Waals surface area contributed by atoms with Crippen molar-refractivity contribution in [3.05, 3.63) is 94.5 Å². The average Bonchev–Trinajstić information content (AvgIpc) is 3.11. The van der Waals surface area contributed by atoms with Crippen molar-refractivity contribution in [2.75, 3.05) is 36.0 Å². The van der Waals surface area contributed by atoms with Gasteiger partial charge >= 0.3 is 0 Å². The Morgan fingerprint density at radius 2 is 1.06 bits per heavy atom. The van der Waals surface area contributed by atoms with Gasteiger partial charge in [0.15, 0.2) is 5.78 Å². The molecular formula is C44H60N4O3. The highest BCUT2D eigenvalue weighted by atomic mass is 16.2. The predicted octanol–water partition coefficient (Wildman–Crippen LogP) is 9.07. The van der Waals surface area contributed by atoms with Crippen LogP contribution in [0.25, 0.3) is 0 Å². The quantitative estimate of drug-likeness (QED) is 0.130. The first-order valence-corrected chi connectivity index (χ1v) is 19.4. The number of benzene rings is 3. The largest absolute Gasteiger partial charge is 0.371 e. The number of carbonyl (C=O) groups excluding carboxylic acids is 3. The third kappa shape index (κ3) is 9.81. The summed E-state index contributed by atoms with van der Waals surface area (Å²) in [5, 5.41) is 6.79. The van der Waals surface area contributed by atoms with Crippen molar-refractivity contribution in [2.45, 2.75) is 111 Å². The van der Waals surface area contributed by atoms with Crippen molar-refractivity contribution >= 4 is 29.0 Å². The van der Waals surface area contributed by atoms with Crippen molar-refractivity contribution in [2.24, 2.45) is 11.8 Å². The van der Waals surface area contributed by atoms with Crippen LogP contribution in [-0.4, -0.2) is 43.8 Å². The molecule has 2 aliphatic rings. The summed E-state index contributed by atoms with van der Waals surface area (Å²) in [6, 6.07) is 21.7. The van der Waals surface area contributed by atoms with E-state index in [4.69, 9.17) is 0 Å². The minimum absolute atomic E-state index is 0.0397. The fourth-order valence-electron chi connectivity index (χ4n) is 8.07. The molecule has 2 aliphatic heterocycles. The van der Waals surface area contributed by atoms with Crippen LogP contribution in [-0.2, 0) is 9.59 Å². The molecule has 0 aromatic heterocycles. The number of aryl methyl sites for hydroxylation is 1. The van der Waals surface area contributed by atoms with E-state index in [0.717, 1.165) is 92.8 Å². The molecule has 3 aromatic rings. The summed E-state index contributed by atoms with van der Waals surface area (Å²) in [5.41, 5.74) is 6.46. The van der Waals surface area contributed by atoms with Gasteiger partial charge in [-0.25, -0.2) is 0 Å². The second-order valence-electron chi connectivity index (χ2n) is 15.7. The number of carbonyl (C=O) groups is 3. The summed E-state index contributed by atoms with van der Waals surface area (Å²) in [5.74, 6) is -1.16. The van der Waals surface area contributed by atoms with Gasteiger partial charge in [0.05, 0.1) is 12.1 Å². The van der Waals surface area contributed by atoms with Crippen molar-refractivity contribution in [1.29, 1.82) is 0 Å². The van der Waals surface area contributed by atoms with E-state index in [0.29, 0.717) is 23.0 Å². The maximum Gasteiger partial charge on any atom is 0.237 e. The maximum atomic E-state index is 14.8. The Morgan fingerprint density at radius 1 is 0.627 bits per heavy atom. The fourth-order valence-corrected chi connectivity index (χ4v) is 8.07. The second kappa shape index (κ2) is 17.9. The van der Waals surface area contributed by atoms with Crippen LogP contribution in [0.2, 0.25) is 0 Å². The maximum absolute atomic E-state index is 14.8. The van der Waals surface area contributed by atoms with Crippen molar-refractivity contribution in [3.63, 3.8) is 0 Å². The molecule has 5 rings (SSSR count). The number of hydrogen-bond acceptors (Lipinski definition) is 5. The van der Waals surface area contributed by atoms with Crippen LogP contribution in [0.5, 0.6) is 0 Å². The smallest absolute Gasteiger partial charge is 0.237 e. The Hall–Kier alpha value is -4.13. The Labute approximate surface area is 306 Å². The normalized spacial score (nSPS) is 16.9. The number of piperidine rings is 2. The standard InChI is InChI=1S/C44H60N4O3/c1-30(2)27-38(36-17-9-11-19-40(36)47-23-13-7-14-24-47)45-43(50)42(34-21-22-35(33(6)49)32(5)29-34)44(51)46-39(28-31(3)4)37-18-10-12-20-41(37)48-25-15-8-16-26-48/h9-12,17-22,29-31,38-39,42H,7-8,13-16,23-28H2,1-6H3,(H,45,50)(H,46,51). The number of para-hydroxylation sites is 2. The van der Waals surface area contributed by atoms with Crippen molar-refractivity contribution in [3.8, 4) is 0 Å². The van der Waals surface area contributed by atoms with Gasteiger partial charge in [-0.2, -0.15) is 0 Å². The zero-order valence-corrected chi connectivity index (χ0v) is 31.8. The summed E-state index contributed by atoms with van der Waals surface area (Å²) < 4.78 is 0. The van der Waals surface area contributed by atoms with Gasteiger partial charge in [-0.3, -0.25) is 14.4 Å². The third-order valence-electron chi connectivity index (χ3n) is 10.6. The van der Waals surface area contributed by atoms with Gasteiger partial charge in [-0.05, 0) is 111 Å². The number of rotatable bonds is 14. The molecule has 0 radical (unpaired) electrons. The minimum Gasteiger partial charge on any atom is -0.371 e. The molecule has 0 saturated carbocycles. The second-order valence-corrected chi connectivity index (χ2v) is 15.7. The molecular weight excluding hydrogens is 633 g/mol. The molecule has 2 N–H and O–H groups in total. The summed E-state index contributed by atoms with van der Waals surface area (Å²) >= 11 is 0. The molecule has 0 aliphatic carbocycles. The highest BCUT2D eigenvalue weighted by Crippen LogP contribution is 2.35.